The van der Waals surface area contributed by atoms with Crippen molar-refractivity contribution >= 4 is 17.7 Å². The molecule has 0 unspecified atom stereocenters. The predicted molar refractivity (Wildman–Crippen MR) is 114 cm³/mol. The lowest BCUT2D eigenvalue weighted by Gasteiger charge is -2.26. The van der Waals surface area contributed by atoms with Crippen LogP contribution in [0.25, 0.3) is 0 Å². The van der Waals surface area contributed by atoms with Gasteiger partial charge in [0, 0.05) is 30.5 Å². The molecule has 1 amide bonds. The fourth-order valence-corrected chi connectivity index (χ4v) is 5.00. The second kappa shape index (κ2) is 9.63. The molecule has 0 aliphatic heterocycles. The van der Waals surface area contributed by atoms with Crippen LogP contribution in [0.5, 0.6) is 0 Å². The van der Waals surface area contributed by atoms with Gasteiger partial charge in [0.1, 0.15) is 0 Å². The summed E-state index contributed by atoms with van der Waals surface area (Å²) in [7, 11) is 0. The number of hydrogen-bond donors (Lipinski definition) is 1. The van der Waals surface area contributed by atoms with E-state index < -0.39 is 0 Å². The first-order valence-electron chi connectivity index (χ1n) is 10.4. The minimum absolute atomic E-state index is 0.0758. The van der Waals surface area contributed by atoms with Gasteiger partial charge in [-0.3, -0.25) is 9.48 Å². The minimum Gasteiger partial charge on any atom is -0.355 e. The highest BCUT2D eigenvalue weighted by molar-refractivity contribution is 7.99. The maximum absolute atomic E-state index is 12.3. The standard InChI is InChI=1S/C21H33N5OS/c1-15-13-16(2)25(24-15)12-8-11-22-20(27)14-28-21-23-17(3)18(4)26(21)19-9-6-5-7-10-19/h13,19H,5-12,14H2,1-4H3,(H,22,27). The van der Waals surface area contributed by atoms with E-state index in [2.05, 4.69) is 41.8 Å². The summed E-state index contributed by atoms with van der Waals surface area (Å²) in [5.74, 6) is 0.495. The van der Waals surface area contributed by atoms with Crippen molar-refractivity contribution in [1.82, 2.24) is 24.6 Å². The van der Waals surface area contributed by atoms with Crippen molar-refractivity contribution in [3.8, 4) is 0 Å². The normalized spacial score (nSPS) is 15.1. The van der Waals surface area contributed by atoms with Gasteiger partial charge in [-0.15, -0.1) is 0 Å². The van der Waals surface area contributed by atoms with Crippen LogP contribution in [-0.4, -0.2) is 37.5 Å². The molecule has 0 bridgehead atoms. The highest BCUT2D eigenvalue weighted by atomic mass is 32.2. The average molecular weight is 404 g/mol. The van der Waals surface area contributed by atoms with E-state index in [0.29, 0.717) is 18.3 Å². The van der Waals surface area contributed by atoms with Crippen LogP contribution >= 0.6 is 11.8 Å². The van der Waals surface area contributed by atoms with Crippen LogP contribution in [0.4, 0.5) is 0 Å². The monoisotopic (exact) mass is 403 g/mol. The Balaban J connectivity index is 1.46. The topological polar surface area (TPSA) is 64.7 Å². The lowest BCUT2D eigenvalue weighted by Crippen LogP contribution is -2.27. The zero-order valence-electron chi connectivity index (χ0n) is 17.6. The van der Waals surface area contributed by atoms with Gasteiger partial charge in [-0.2, -0.15) is 5.10 Å². The van der Waals surface area contributed by atoms with Crippen LogP contribution in [-0.2, 0) is 11.3 Å². The van der Waals surface area contributed by atoms with Crippen LogP contribution in [0.1, 0.15) is 67.3 Å². The third-order valence-corrected chi connectivity index (χ3v) is 6.55. The summed E-state index contributed by atoms with van der Waals surface area (Å²) in [5.41, 5.74) is 4.54. The molecule has 3 rings (SSSR count). The molecule has 0 aromatic carbocycles. The highest BCUT2D eigenvalue weighted by Gasteiger charge is 2.22. The van der Waals surface area contributed by atoms with Crippen molar-refractivity contribution < 1.29 is 4.79 Å². The lowest BCUT2D eigenvalue weighted by atomic mass is 9.95. The minimum atomic E-state index is 0.0758. The zero-order chi connectivity index (χ0) is 20.1. The van der Waals surface area contributed by atoms with Gasteiger partial charge in [-0.05, 0) is 53.0 Å². The Bertz CT molecular complexity index is 804. The summed E-state index contributed by atoms with van der Waals surface area (Å²) < 4.78 is 4.39. The van der Waals surface area contributed by atoms with Crippen molar-refractivity contribution in [3.63, 3.8) is 0 Å². The summed E-state index contributed by atoms with van der Waals surface area (Å²) >= 11 is 1.57. The Kier molecular flexibility index (Phi) is 7.21. The Hall–Kier alpha value is -1.76. The molecule has 0 atom stereocenters. The fourth-order valence-electron chi connectivity index (χ4n) is 4.01. The SMILES string of the molecule is Cc1cc(C)n(CCCNC(=O)CSc2nc(C)c(C)n2C2CCCCC2)n1. The molecule has 0 saturated heterocycles. The van der Waals surface area contributed by atoms with Crippen LogP contribution in [0.15, 0.2) is 11.2 Å². The van der Waals surface area contributed by atoms with Gasteiger partial charge in [-0.1, -0.05) is 31.0 Å². The molecule has 1 aliphatic carbocycles. The Morgan fingerprint density at radius 3 is 2.64 bits per heavy atom. The Morgan fingerprint density at radius 1 is 1.21 bits per heavy atom. The molecule has 6 nitrogen and oxygen atoms in total. The molecular formula is C21H33N5OS. The van der Waals surface area contributed by atoms with E-state index in [1.54, 1.807) is 11.8 Å². The Labute approximate surface area is 172 Å². The predicted octanol–water partition coefficient (Wildman–Crippen LogP) is 4.12. The molecule has 1 N–H and O–H groups in total. The molecule has 2 aromatic heterocycles. The number of nitrogens with zero attached hydrogens (tertiary/aromatic N) is 4. The van der Waals surface area contributed by atoms with Gasteiger partial charge in [0.15, 0.2) is 5.16 Å². The molecular weight excluding hydrogens is 370 g/mol. The number of thioether (sulfide) groups is 1. The number of aryl methyl sites for hydroxylation is 4. The molecule has 0 spiro atoms. The molecule has 1 aliphatic rings. The van der Waals surface area contributed by atoms with Crippen molar-refractivity contribution in [1.29, 1.82) is 0 Å². The molecule has 154 valence electrons. The molecule has 1 saturated carbocycles. The molecule has 1 fully saturated rings. The number of amides is 1. The Morgan fingerprint density at radius 2 is 1.96 bits per heavy atom. The number of hydrogen-bond acceptors (Lipinski definition) is 4. The first kappa shape index (κ1) is 21.0. The number of rotatable bonds is 8. The van der Waals surface area contributed by atoms with Crippen LogP contribution < -0.4 is 5.32 Å². The molecule has 2 aromatic rings. The second-order valence-corrected chi connectivity index (χ2v) is 8.81. The van der Waals surface area contributed by atoms with Crippen molar-refractivity contribution in [2.24, 2.45) is 0 Å². The third kappa shape index (κ3) is 5.19. The van der Waals surface area contributed by atoms with Gasteiger partial charge in [0.05, 0.1) is 17.1 Å². The largest absolute Gasteiger partial charge is 0.355 e. The van der Waals surface area contributed by atoms with E-state index in [0.717, 1.165) is 29.5 Å². The van der Waals surface area contributed by atoms with Gasteiger partial charge < -0.3 is 9.88 Å². The first-order chi connectivity index (χ1) is 13.5. The van der Waals surface area contributed by atoms with E-state index in [9.17, 15) is 4.79 Å². The summed E-state index contributed by atoms with van der Waals surface area (Å²) in [6, 6.07) is 2.62. The maximum Gasteiger partial charge on any atom is 0.230 e. The highest BCUT2D eigenvalue weighted by Crippen LogP contribution is 2.34. The van der Waals surface area contributed by atoms with Crippen LogP contribution in [0.2, 0.25) is 0 Å². The number of imidazole rings is 1. The van der Waals surface area contributed by atoms with Crippen molar-refractivity contribution in [3.05, 3.63) is 28.8 Å². The fraction of sp³-hybridized carbons (Fsp3) is 0.667. The van der Waals surface area contributed by atoms with Gasteiger partial charge >= 0.3 is 0 Å². The second-order valence-electron chi connectivity index (χ2n) is 7.87. The van der Waals surface area contributed by atoms with Gasteiger partial charge in [0.2, 0.25) is 5.91 Å². The number of carbonyl (C=O) groups is 1. The molecule has 28 heavy (non-hydrogen) atoms. The van der Waals surface area contributed by atoms with Crippen LogP contribution in [0.3, 0.4) is 0 Å². The van der Waals surface area contributed by atoms with Crippen molar-refractivity contribution in [2.45, 2.75) is 84.0 Å². The van der Waals surface area contributed by atoms with Crippen molar-refractivity contribution in [2.75, 3.05) is 12.3 Å². The van der Waals surface area contributed by atoms with E-state index >= 15 is 0 Å². The summed E-state index contributed by atoms with van der Waals surface area (Å²) in [6.07, 6.45) is 7.26. The van der Waals surface area contributed by atoms with E-state index in [-0.39, 0.29) is 5.91 Å². The average Bonchev–Trinajstić information content (AvgIpc) is 3.15. The zero-order valence-corrected chi connectivity index (χ0v) is 18.4. The van der Waals surface area contributed by atoms with Gasteiger partial charge in [0.25, 0.3) is 0 Å². The van der Waals surface area contributed by atoms with E-state index in [1.807, 2.05) is 11.6 Å². The molecule has 2 heterocycles. The maximum atomic E-state index is 12.3. The van der Waals surface area contributed by atoms with Crippen LogP contribution in [0, 0.1) is 27.7 Å². The quantitative estimate of drug-likeness (QED) is 0.532. The van der Waals surface area contributed by atoms with Gasteiger partial charge in [-0.25, -0.2) is 4.98 Å². The number of nitrogens with one attached hydrogen (secondary N) is 1. The summed E-state index contributed by atoms with van der Waals surface area (Å²) in [5, 5.41) is 8.49. The van der Waals surface area contributed by atoms with E-state index in [4.69, 9.17) is 4.98 Å². The molecule has 7 heteroatoms. The smallest absolute Gasteiger partial charge is 0.230 e. The summed E-state index contributed by atoms with van der Waals surface area (Å²) in [4.78, 5) is 17.0. The third-order valence-electron chi connectivity index (χ3n) is 5.60. The summed E-state index contributed by atoms with van der Waals surface area (Å²) in [6.45, 7) is 9.79. The number of carbonyl (C=O) groups excluding carboxylic acids is 1. The lowest BCUT2D eigenvalue weighted by molar-refractivity contribution is -0.118. The number of aromatic nitrogens is 4. The molecule has 0 radical (unpaired) electrons. The first-order valence-corrected chi connectivity index (χ1v) is 11.4. The van der Waals surface area contributed by atoms with E-state index in [1.165, 1.54) is 43.5 Å².